The van der Waals surface area contributed by atoms with Crippen molar-refractivity contribution in [2.45, 2.75) is 0 Å². The Morgan fingerprint density at radius 3 is 2.46 bits per heavy atom. The third kappa shape index (κ3) is 2.95. The van der Waals surface area contributed by atoms with Gasteiger partial charge in [0.1, 0.15) is 0 Å². The number of halogens is 1. The van der Waals surface area contributed by atoms with Gasteiger partial charge < -0.3 is 10.4 Å². The molecular weight excluding hydrogens is 190 g/mol. The summed E-state index contributed by atoms with van der Waals surface area (Å²) in [5, 5.41) is 11.6. The summed E-state index contributed by atoms with van der Waals surface area (Å²) in [5.74, 6) is -0.385. The highest BCUT2D eigenvalue weighted by Crippen LogP contribution is 2.08. The Bertz CT molecular complexity index is 284. The number of hydrogen-bond acceptors (Lipinski definition) is 2. The van der Waals surface area contributed by atoms with Gasteiger partial charge in [-0.05, 0) is 24.3 Å². The molecule has 3 nitrogen and oxygen atoms in total. The van der Waals surface area contributed by atoms with Crippen molar-refractivity contribution in [2.75, 3.05) is 17.7 Å². The summed E-state index contributed by atoms with van der Waals surface area (Å²) in [5.41, 5.74) is 1.17. The van der Waals surface area contributed by atoms with Crippen LogP contribution in [-0.4, -0.2) is 23.5 Å². The zero-order valence-corrected chi connectivity index (χ0v) is 7.71. The van der Waals surface area contributed by atoms with Gasteiger partial charge in [-0.25, -0.2) is 4.79 Å². The molecule has 1 aromatic carbocycles. The fraction of sp³-hybridized carbons (Fsp3) is 0.222. The highest BCUT2D eigenvalue weighted by atomic mass is 35.5. The molecule has 0 atom stereocenters. The Morgan fingerprint density at radius 1 is 1.38 bits per heavy atom. The Hall–Kier alpha value is -1.22. The first kappa shape index (κ1) is 9.86. The number of carboxylic acid groups (broad SMARTS) is 1. The quantitative estimate of drug-likeness (QED) is 0.730. The maximum atomic E-state index is 10.5. The number of aromatic carboxylic acids is 1. The van der Waals surface area contributed by atoms with Crippen molar-refractivity contribution in [3.63, 3.8) is 0 Å². The molecule has 0 amide bonds. The highest BCUT2D eigenvalue weighted by Gasteiger charge is 2.00. The van der Waals surface area contributed by atoms with Crippen LogP contribution in [0.3, 0.4) is 0 Å². The van der Waals surface area contributed by atoms with Gasteiger partial charge in [-0.2, -0.15) is 0 Å². The summed E-state index contributed by atoms with van der Waals surface area (Å²) in [6.45, 7) is 0.675. The van der Waals surface area contributed by atoms with Crippen LogP contribution in [0.2, 0.25) is 0 Å². The lowest BCUT2D eigenvalue weighted by atomic mass is 10.2. The summed E-state index contributed by atoms with van der Waals surface area (Å²) in [6.07, 6.45) is 0. The molecule has 0 unspecified atom stereocenters. The van der Waals surface area contributed by atoms with E-state index in [0.717, 1.165) is 5.69 Å². The van der Waals surface area contributed by atoms with Gasteiger partial charge in [0.15, 0.2) is 0 Å². The third-order valence-corrected chi connectivity index (χ3v) is 1.74. The number of carbonyl (C=O) groups is 1. The second-order valence-corrected chi connectivity index (χ2v) is 2.88. The number of nitrogens with one attached hydrogen (secondary N) is 1. The van der Waals surface area contributed by atoms with Gasteiger partial charge in [0.2, 0.25) is 0 Å². The largest absolute Gasteiger partial charge is 0.478 e. The molecule has 0 spiro atoms. The molecule has 13 heavy (non-hydrogen) atoms. The lowest BCUT2D eigenvalue weighted by Gasteiger charge is -2.03. The van der Waals surface area contributed by atoms with E-state index in [4.69, 9.17) is 16.7 Å². The molecule has 0 aliphatic rings. The molecular formula is C9H10ClNO2. The van der Waals surface area contributed by atoms with Gasteiger partial charge in [0.25, 0.3) is 0 Å². The summed E-state index contributed by atoms with van der Waals surface area (Å²) >= 11 is 5.48. The number of benzene rings is 1. The molecule has 70 valence electrons. The van der Waals surface area contributed by atoms with Crippen molar-refractivity contribution in [1.29, 1.82) is 0 Å². The Kier molecular flexibility index (Phi) is 3.58. The van der Waals surface area contributed by atoms with E-state index < -0.39 is 5.97 Å². The van der Waals surface area contributed by atoms with Crippen molar-refractivity contribution in [3.8, 4) is 0 Å². The zero-order valence-electron chi connectivity index (χ0n) is 6.96. The fourth-order valence-electron chi connectivity index (χ4n) is 0.922. The predicted molar refractivity (Wildman–Crippen MR) is 52.6 cm³/mol. The topological polar surface area (TPSA) is 49.3 Å². The molecule has 1 aromatic rings. The average Bonchev–Trinajstić information content (AvgIpc) is 2.15. The van der Waals surface area contributed by atoms with Crippen LogP contribution in [0.4, 0.5) is 5.69 Å². The normalized spacial score (nSPS) is 9.62. The zero-order chi connectivity index (χ0) is 9.68. The number of hydrogen-bond donors (Lipinski definition) is 2. The molecule has 0 radical (unpaired) electrons. The standard InChI is InChI=1S/C9H10ClNO2/c10-5-6-11-8-3-1-7(2-4-8)9(12)13/h1-4,11H,5-6H2,(H,12,13). The highest BCUT2D eigenvalue weighted by molar-refractivity contribution is 6.18. The molecule has 0 bridgehead atoms. The molecule has 0 saturated carbocycles. The summed E-state index contributed by atoms with van der Waals surface area (Å²) in [7, 11) is 0. The first-order chi connectivity index (χ1) is 6.24. The number of rotatable bonds is 4. The first-order valence-electron chi connectivity index (χ1n) is 3.87. The van der Waals surface area contributed by atoms with E-state index in [-0.39, 0.29) is 5.56 Å². The van der Waals surface area contributed by atoms with Crippen molar-refractivity contribution >= 4 is 23.3 Å². The summed E-state index contributed by atoms with van der Waals surface area (Å²) in [4.78, 5) is 10.5. The molecule has 0 saturated heterocycles. The van der Waals surface area contributed by atoms with Crippen molar-refractivity contribution < 1.29 is 9.90 Å². The van der Waals surface area contributed by atoms with Crippen LogP contribution in [0.25, 0.3) is 0 Å². The van der Waals surface area contributed by atoms with E-state index in [9.17, 15) is 4.79 Å². The Balaban J connectivity index is 2.64. The summed E-state index contributed by atoms with van der Waals surface area (Å²) < 4.78 is 0. The van der Waals surface area contributed by atoms with E-state index in [2.05, 4.69) is 5.32 Å². The van der Waals surface area contributed by atoms with Gasteiger partial charge in [0.05, 0.1) is 5.56 Å². The van der Waals surface area contributed by atoms with Crippen LogP contribution in [-0.2, 0) is 0 Å². The molecule has 0 fully saturated rings. The molecule has 4 heteroatoms. The van der Waals surface area contributed by atoms with Crippen molar-refractivity contribution in [3.05, 3.63) is 29.8 Å². The SMILES string of the molecule is O=C(O)c1ccc(NCCCl)cc1. The number of anilines is 1. The van der Waals surface area contributed by atoms with Gasteiger partial charge >= 0.3 is 5.97 Å². The van der Waals surface area contributed by atoms with Crippen LogP contribution in [0.15, 0.2) is 24.3 Å². The minimum absolute atomic E-state index is 0.288. The maximum Gasteiger partial charge on any atom is 0.335 e. The van der Waals surface area contributed by atoms with Gasteiger partial charge in [-0.1, -0.05) is 0 Å². The van der Waals surface area contributed by atoms with E-state index in [1.807, 2.05) is 0 Å². The Morgan fingerprint density at radius 2 is 2.00 bits per heavy atom. The molecule has 0 aliphatic heterocycles. The monoisotopic (exact) mass is 199 g/mol. The Labute approximate surface area is 81.3 Å². The lowest BCUT2D eigenvalue weighted by molar-refractivity contribution is 0.0697. The van der Waals surface area contributed by atoms with Crippen LogP contribution in [0.5, 0.6) is 0 Å². The van der Waals surface area contributed by atoms with Crippen LogP contribution in [0.1, 0.15) is 10.4 Å². The maximum absolute atomic E-state index is 10.5. The smallest absolute Gasteiger partial charge is 0.335 e. The molecule has 1 rings (SSSR count). The van der Waals surface area contributed by atoms with E-state index in [1.165, 1.54) is 0 Å². The second-order valence-electron chi connectivity index (χ2n) is 2.50. The van der Waals surface area contributed by atoms with Crippen LogP contribution < -0.4 is 5.32 Å². The van der Waals surface area contributed by atoms with Crippen molar-refractivity contribution in [2.24, 2.45) is 0 Å². The van der Waals surface area contributed by atoms with Crippen LogP contribution >= 0.6 is 11.6 Å². The van der Waals surface area contributed by atoms with Gasteiger partial charge in [-0.3, -0.25) is 0 Å². The molecule has 2 N–H and O–H groups in total. The van der Waals surface area contributed by atoms with Gasteiger partial charge in [0, 0.05) is 18.1 Å². The fourth-order valence-corrected chi connectivity index (χ4v) is 1.02. The lowest BCUT2D eigenvalue weighted by Crippen LogP contribution is -2.03. The molecule has 0 aliphatic carbocycles. The van der Waals surface area contributed by atoms with Crippen molar-refractivity contribution in [1.82, 2.24) is 0 Å². The van der Waals surface area contributed by atoms with Crippen LogP contribution in [0, 0.1) is 0 Å². The first-order valence-corrected chi connectivity index (χ1v) is 4.40. The second kappa shape index (κ2) is 4.72. The number of alkyl halides is 1. The van der Waals surface area contributed by atoms with Gasteiger partial charge in [-0.15, -0.1) is 11.6 Å². The van der Waals surface area contributed by atoms with E-state index >= 15 is 0 Å². The molecule has 0 heterocycles. The average molecular weight is 200 g/mol. The minimum Gasteiger partial charge on any atom is -0.478 e. The number of carboxylic acids is 1. The molecule has 0 aromatic heterocycles. The summed E-state index contributed by atoms with van der Waals surface area (Å²) in [6, 6.07) is 6.55. The van der Waals surface area contributed by atoms with E-state index in [1.54, 1.807) is 24.3 Å². The predicted octanol–water partition coefficient (Wildman–Crippen LogP) is 2.04. The third-order valence-electron chi connectivity index (χ3n) is 1.56. The van der Waals surface area contributed by atoms with E-state index in [0.29, 0.717) is 12.4 Å². The minimum atomic E-state index is -0.913.